The Morgan fingerprint density at radius 1 is 0.787 bits per heavy atom. The molecule has 4 aromatic carbocycles. The van der Waals surface area contributed by atoms with Gasteiger partial charge in [0.1, 0.15) is 23.2 Å². The lowest BCUT2D eigenvalue weighted by atomic mass is 9.73. The number of hydrogen-bond donors (Lipinski definition) is 1. The first-order valence-electron chi connectivity index (χ1n) is 15.7. The number of nitriles is 1. The summed E-state index contributed by atoms with van der Waals surface area (Å²) in [6.07, 6.45) is 3.21. The van der Waals surface area contributed by atoms with E-state index in [-0.39, 0.29) is 11.0 Å². The number of carboxylic acids is 1. The van der Waals surface area contributed by atoms with E-state index in [4.69, 9.17) is 9.68 Å². The maximum Gasteiger partial charge on any atom is 0.346 e. The number of rotatable bonds is 9. The van der Waals surface area contributed by atoms with Gasteiger partial charge in [0.15, 0.2) is 0 Å². The number of aliphatic carboxylic acids is 1. The third-order valence-electron chi connectivity index (χ3n) is 9.24. The average Bonchev–Trinajstić information content (AvgIpc) is 3.85. The van der Waals surface area contributed by atoms with Crippen molar-refractivity contribution in [3.8, 4) is 38.3 Å². The van der Waals surface area contributed by atoms with Crippen molar-refractivity contribution in [2.75, 3.05) is 4.90 Å². The van der Waals surface area contributed by atoms with Crippen LogP contribution in [-0.2, 0) is 10.2 Å². The number of nitrogens with zero attached hydrogens (tertiary/aromatic N) is 2. The topological polar surface area (TPSA) is 77.5 Å². The number of carbonyl (C=O) groups is 1. The van der Waals surface area contributed by atoms with E-state index in [0.717, 1.165) is 45.2 Å². The number of para-hydroxylation sites is 2. The highest BCUT2D eigenvalue weighted by molar-refractivity contribution is 7.18. The minimum atomic E-state index is -1.28. The van der Waals surface area contributed by atoms with Crippen LogP contribution in [0.25, 0.3) is 38.3 Å². The summed E-state index contributed by atoms with van der Waals surface area (Å²) >= 11 is 1.63. The molecule has 0 spiro atoms. The zero-order valence-electron chi connectivity index (χ0n) is 26.1. The second-order valence-corrected chi connectivity index (χ2v) is 12.7. The van der Waals surface area contributed by atoms with Gasteiger partial charge in [0.05, 0.1) is 4.88 Å². The van der Waals surface area contributed by atoms with Crippen LogP contribution in [0.3, 0.4) is 0 Å². The number of hydrogen-bond acceptors (Lipinski definition) is 5. The smallest absolute Gasteiger partial charge is 0.346 e. The number of anilines is 3. The lowest BCUT2D eigenvalue weighted by Crippen LogP contribution is -2.23. The van der Waals surface area contributed by atoms with Crippen molar-refractivity contribution in [2.45, 2.75) is 32.1 Å². The first-order chi connectivity index (χ1) is 23.0. The number of furan rings is 1. The van der Waals surface area contributed by atoms with Gasteiger partial charge in [0.25, 0.3) is 0 Å². The van der Waals surface area contributed by atoms with Gasteiger partial charge < -0.3 is 14.4 Å². The van der Waals surface area contributed by atoms with E-state index in [2.05, 4.69) is 122 Å². The first-order valence-corrected chi connectivity index (χ1v) is 16.5. The maximum absolute atomic E-state index is 11.2. The zero-order valence-corrected chi connectivity index (χ0v) is 26.9. The van der Waals surface area contributed by atoms with Gasteiger partial charge in [-0.05, 0) is 107 Å². The molecule has 2 aromatic heterocycles. The Morgan fingerprint density at radius 3 is 2.02 bits per heavy atom. The van der Waals surface area contributed by atoms with Crippen LogP contribution in [-0.4, -0.2) is 11.1 Å². The van der Waals surface area contributed by atoms with E-state index in [9.17, 15) is 9.90 Å². The van der Waals surface area contributed by atoms with E-state index in [1.54, 1.807) is 23.5 Å². The molecule has 6 heteroatoms. The molecule has 1 N–H and O–H groups in total. The quantitative estimate of drug-likeness (QED) is 0.127. The minimum absolute atomic E-state index is 0.124. The summed E-state index contributed by atoms with van der Waals surface area (Å²) < 4.78 is 5.90. The lowest BCUT2D eigenvalue weighted by Gasteiger charge is -2.32. The molecule has 0 bridgehead atoms. The number of thiophene rings is 1. The van der Waals surface area contributed by atoms with Crippen LogP contribution < -0.4 is 4.90 Å². The zero-order chi connectivity index (χ0) is 32.5. The second kappa shape index (κ2) is 12.3. The Kier molecular flexibility index (Phi) is 7.85. The van der Waals surface area contributed by atoms with E-state index in [1.807, 2.05) is 12.1 Å². The predicted octanol–water partition coefficient (Wildman–Crippen LogP) is 11.2. The molecule has 1 aliphatic carbocycles. The van der Waals surface area contributed by atoms with E-state index < -0.39 is 5.97 Å². The third-order valence-corrected chi connectivity index (χ3v) is 10.4. The fourth-order valence-electron chi connectivity index (χ4n) is 6.86. The van der Waals surface area contributed by atoms with Gasteiger partial charge in [0.2, 0.25) is 0 Å². The van der Waals surface area contributed by atoms with Gasteiger partial charge in [-0.25, -0.2) is 4.79 Å². The lowest BCUT2D eigenvalue weighted by molar-refractivity contribution is -0.132. The van der Waals surface area contributed by atoms with E-state index in [0.29, 0.717) is 11.5 Å². The van der Waals surface area contributed by atoms with Crippen molar-refractivity contribution in [3.63, 3.8) is 0 Å². The maximum atomic E-state index is 11.2. The van der Waals surface area contributed by atoms with Crippen molar-refractivity contribution in [2.24, 2.45) is 0 Å². The molecule has 0 unspecified atom stereocenters. The summed E-state index contributed by atoms with van der Waals surface area (Å²) in [6, 6.07) is 44.2. The molecule has 6 aromatic rings. The first kappa shape index (κ1) is 30.0. The molecule has 0 saturated heterocycles. The van der Waals surface area contributed by atoms with Gasteiger partial charge in [-0.2, -0.15) is 5.26 Å². The largest absolute Gasteiger partial charge is 0.477 e. The molecule has 0 fully saturated rings. The molecule has 47 heavy (non-hydrogen) atoms. The monoisotopic (exact) mass is 632 g/mol. The van der Waals surface area contributed by atoms with Crippen LogP contribution in [0.1, 0.15) is 43.6 Å². The van der Waals surface area contributed by atoms with Crippen molar-refractivity contribution in [1.82, 2.24) is 0 Å². The molecule has 2 heterocycles. The van der Waals surface area contributed by atoms with Crippen LogP contribution >= 0.6 is 11.3 Å². The number of fused-ring (bicyclic) bond motifs is 3. The fourth-order valence-corrected chi connectivity index (χ4v) is 7.83. The van der Waals surface area contributed by atoms with Gasteiger partial charge in [-0.1, -0.05) is 68.4 Å². The van der Waals surface area contributed by atoms with Crippen LogP contribution in [0.2, 0.25) is 0 Å². The molecule has 0 aliphatic heterocycles. The van der Waals surface area contributed by atoms with Crippen molar-refractivity contribution >= 4 is 40.4 Å². The summed E-state index contributed by atoms with van der Waals surface area (Å²) in [4.78, 5) is 15.6. The molecular formula is C41H32N2O3S. The Labute approximate surface area is 278 Å². The molecule has 5 nitrogen and oxygen atoms in total. The Hall–Kier alpha value is -5.64. The molecule has 0 saturated carbocycles. The number of benzene rings is 4. The van der Waals surface area contributed by atoms with Gasteiger partial charge in [-0.15, -0.1) is 11.3 Å². The Balaban J connectivity index is 1.26. The standard InChI is InChI=1S/C41H32N2O3S/c1-3-41(4-2)35-24-27(38-21-22-39(47-38)37-20-17-32(46-37)23-28(26-42)40(44)45)15-18-33(35)34-19-16-31(25-36(34)41)43(29-11-7-5-8-12-29)30-13-9-6-10-14-30/h5-25H,3-4H2,1-2H3,(H,44,45)/b28-23-. The molecule has 0 radical (unpaired) electrons. The minimum Gasteiger partial charge on any atom is -0.477 e. The highest BCUT2D eigenvalue weighted by Crippen LogP contribution is 2.55. The molecule has 0 amide bonds. The van der Waals surface area contributed by atoms with Gasteiger partial charge in [0, 0.05) is 33.4 Å². The Bertz CT molecular complexity index is 2130. The van der Waals surface area contributed by atoms with Crippen LogP contribution in [0.4, 0.5) is 17.1 Å². The summed E-state index contributed by atoms with van der Waals surface area (Å²) in [5.41, 5.74) is 9.35. The normalized spacial score (nSPS) is 13.1. The van der Waals surface area contributed by atoms with Gasteiger partial charge in [-0.3, -0.25) is 0 Å². The Morgan fingerprint density at radius 2 is 1.40 bits per heavy atom. The average molecular weight is 633 g/mol. The summed E-state index contributed by atoms with van der Waals surface area (Å²) in [5, 5.41) is 18.3. The second-order valence-electron chi connectivity index (χ2n) is 11.6. The van der Waals surface area contributed by atoms with Crippen LogP contribution in [0.15, 0.2) is 131 Å². The van der Waals surface area contributed by atoms with Crippen molar-refractivity contribution in [1.29, 1.82) is 5.26 Å². The van der Waals surface area contributed by atoms with Crippen molar-refractivity contribution in [3.05, 3.63) is 144 Å². The highest BCUT2D eigenvalue weighted by Gasteiger charge is 2.41. The molecule has 7 rings (SSSR count). The van der Waals surface area contributed by atoms with Crippen LogP contribution in [0.5, 0.6) is 0 Å². The van der Waals surface area contributed by atoms with E-state index in [1.165, 1.54) is 28.3 Å². The predicted molar refractivity (Wildman–Crippen MR) is 190 cm³/mol. The molecular weight excluding hydrogens is 601 g/mol. The summed E-state index contributed by atoms with van der Waals surface area (Å²) in [6.45, 7) is 4.59. The summed E-state index contributed by atoms with van der Waals surface area (Å²) in [5.74, 6) is -0.315. The van der Waals surface area contributed by atoms with Gasteiger partial charge >= 0.3 is 5.97 Å². The molecule has 230 valence electrons. The SMILES string of the molecule is CCC1(CC)c2cc(-c3ccc(-c4ccc(/C=C(/C#N)C(=O)O)o4)s3)ccc2-c2ccc(N(c3ccccc3)c3ccccc3)cc21. The highest BCUT2D eigenvalue weighted by atomic mass is 32.1. The third kappa shape index (κ3) is 5.25. The van der Waals surface area contributed by atoms with Crippen LogP contribution in [0, 0.1) is 11.3 Å². The number of carboxylic acid groups (broad SMARTS) is 1. The van der Waals surface area contributed by atoms with Crippen molar-refractivity contribution < 1.29 is 14.3 Å². The molecule has 0 atom stereocenters. The van der Waals surface area contributed by atoms with E-state index >= 15 is 0 Å². The summed E-state index contributed by atoms with van der Waals surface area (Å²) in [7, 11) is 0. The fraction of sp³-hybridized carbons (Fsp3) is 0.122. The molecule has 1 aliphatic rings.